The Kier molecular flexibility index (Phi) is 9.82. The molecule has 0 bridgehead atoms. The fourth-order valence-electron chi connectivity index (χ4n) is 5.72. The molecule has 0 aromatic heterocycles. The van der Waals surface area contributed by atoms with Crippen LogP contribution in [0.25, 0.3) is 0 Å². The number of aliphatic hydroxyl groups excluding tert-OH is 1. The van der Waals surface area contributed by atoms with Gasteiger partial charge in [-0.25, -0.2) is 0 Å². The molecule has 1 aliphatic heterocycles. The average molecular weight is 446 g/mol. The van der Waals surface area contributed by atoms with Crippen molar-refractivity contribution in [1.82, 2.24) is 0 Å². The van der Waals surface area contributed by atoms with Gasteiger partial charge in [0.25, 0.3) is 0 Å². The third-order valence-corrected chi connectivity index (χ3v) is 8.21. The van der Waals surface area contributed by atoms with Crippen molar-refractivity contribution >= 4 is 0 Å². The van der Waals surface area contributed by atoms with E-state index in [0.717, 1.165) is 56.9 Å². The predicted octanol–water partition coefficient (Wildman–Crippen LogP) is 7.23. The third kappa shape index (κ3) is 6.81. The van der Waals surface area contributed by atoms with Crippen LogP contribution in [0.2, 0.25) is 0 Å². The van der Waals surface area contributed by atoms with Crippen LogP contribution in [0.15, 0.2) is 28.9 Å². The van der Waals surface area contributed by atoms with Crippen molar-refractivity contribution in [3.05, 3.63) is 34.9 Å². The van der Waals surface area contributed by atoms with Crippen molar-refractivity contribution in [3.63, 3.8) is 0 Å². The Morgan fingerprint density at radius 2 is 1.97 bits per heavy atom. The predicted molar refractivity (Wildman–Crippen MR) is 134 cm³/mol. The van der Waals surface area contributed by atoms with Gasteiger partial charge in [0, 0.05) is 0 Å². The highest BCUT2D eigenvalue weighted by molar-refractivity contribution is 5.44. The Balaban J connectivity index is 1.82. The summed E-state index contributed by atoms with van der Waals surface area (Å²) in [5, 5.41) is 20.9. The summed E-state index contributed by atoms with van der Waals surface area (Å²) in [7, 11) is 0. The Morgan fingerprint density at radius 3 is 2.62 bits per heavy atom. The smallest absolute Gasteiger partial charge is 0.111 e. The normalized spacial score (nSPS) is 31.4. The van der Waals surface area contributed by atoms with E-state index in [1.165, 1.54) is 30.4 Å². The number of ether oxygens (including phenoxy) is 1. The van der Waals surface area contributed by atoms with Crippen LogP contribution in [-0.4, -0.2) is 33.1 Å². The van der Waals surface area contributed by atoms with E-state index in [0.29, 0.717) is 5.92 Å². The van der Waals surface area contributed by atoms with E-state index in [1.54, 1.807) is 0 Å². The molecule has 0 aromatic rings. The molecular weight excluding hydrogens is 396 g/mol. The van der Waals surface area contributed by atoms with Crippen LogP contribution in [0, 0.1) is 12.0 Å². The summed E-state index contributed by atoms with van der Waals surface area (Å²) < 4.78 is 6.92. The molecule has 2 N–H and O–H groups in total. The minimum atomic E-state index is -0.562. The summed E-state index contributed by atoms with van der Waals surface area (Å²) in [4.78, 5) is 0. The summed E-state index contributed by atoms with van der Waals surface area (Å²) in [5.41, 5.74) is 2.55. The molecule has 3 nitrogen and oxygen atoms in total. The molecular formula is C29H49O3-. The van der Waals surface area contributed by atoms with E-state index in [-0.39, 0.29) is 11.2 Å². The van der Waals surface area contributed by atoms with Gasteiger partial charge in [-0.2, -0.15) is 6.92 Å². The van der Waals surface area contributed by atoms with Crippen molar-refractivity contribution in [2.24, 2.45) is 5.92 Å². The zero-order valence-corrected chi connectivity index (χ0v) is 21.9. The summed E-state index contributed by atoms with van der Waals surface area (Å²) >= 11 is 0. The van der Waals surface area contributed by atoms with Crippen molar-refractivity contribution < 1.29 is 14.9 Å². The van der Waals surface area contributed by atoms with Crippen LogP contribution in [0.5, 0.6) is 0 Å². The monoisotopic (exact) mass is 445 g/mol. The lowest BCUT2D eigenvalue weighted by Crippen LogP contribution is -2.51. The quantitative estimate of drug-likeness (QED) is 0.246. The Hall–Kier alpha value is -0.900. The largest absolute Gasteiger partial charge is 0.504 e. The molecule has 5 unspecified atom stereocenters. The van der Waals surface area contributed by atoms with E-state index in [9.17, 15) is 10.2 Å². The maximum Gasteiger partial charge on any atom is 0.111 e. The highest BCUT2D eigenvalue weighted by Gasteiger charge is 2.48. The molecule has 32 heavy (non-hydrogen) atoms. The van der Waals surface area contributed by atoms with E-state index in [1.807, 2.05) is 32.9 Å². The van der Waals surface area contributed by atoms with Crippen LogP contribution in [0.1, 0.15) is 119 Å². The van der Waals surface area contributed by atoms with Gasteiger partial charge in [0.05, 0.1) is 17.3 Å². The molecule has 0 radical (unpaired) electrons. The second kappa shape index (κ2) is 11.5. The molecule has 5 atom stereocenters. The molecule has 0 saturated carbocycles. The number of allylic oxidation sites excluding steroid dienone is 2. The summed E-state index contributed by atoms with van der Waals surface area (Å²) in [5.74, 6) is 0.672. The molecule has 1 aliphatic carbocycles. The summed E-state index contributed by atoms with van der Waals surface area (Å²) in [6.07, 6.45) is 17.9. The Morgan fingerprint density at radius 1 is 1.28 bits per heavy atom. The fraction of sp³-hybridized carbons (Fsp3) is 0.793. The van der Waals surface area contributed by atoms with Gasteiger partial charge in [-0.3, -0.25) is 6.08 Å². The van der Waals surface area contributed by atoms with Crippen LogP contribution < -0.4 is 0 Å². The molecule has 0 amide bonds. The topological polar surface area (TPSA) is 49.7 Å². The molecule has 0 spiro atoms. The van der Waals surface area contributed by atoms with Gasteiger partial charge in [-0.05, 0) is 94.9 Å². The van der Waals surface area contributed by atoms with Gasteiger partial charge < -0.3 is 21.0 Å². The third-order valence-electron chi connectivity index (χ3n) is 8.21. The van der Waals surface area contributed by atoms with Crippen LogP contribution in [-0.2, 0) is 4.74 Å². The Labute approximate surface area is 198 Å². The zero-order valence-electron chi connectivity index (χ0n) is 21.9. The first-order valence-corrected chi connectivity index (χ1v) is 13.0. The highest BCUT2D eigenvalue weighted by Crippen LogP contribution is 2.50. The number of aliphatic hydroxyl groups is 2. The standard InChI is InChI=1S/C29H49O3/c1-8-10-11-17-27(6,31)18-12-14-22(3)15-13-19-28(7)20-16-25-21-26(30)23(4)24(5)29(25,9-2)32-28/h10,21-22,26,30-31H,9,11-20H2,1-7H3/q-1. The fourth-order valence-corrected chi connectivity index (χ4v) is 5.72. The van der Waals surface area contributed by atoms with Gasteiger partial charge in [0.1, 0.15) is 5.60 Å². The van der Waals surface area contributed by atoms with Crippen molar-refractivity contribution in [2.45, 2.75) is 142 Å². The van der Waals surface area contributed by atoms with Gasteiger partial charge in [0.15, 0.2) is 0 Å². The summed E-state index contributed by atoms with van der Waals surface area (Å²) in [6, 6.07) is 0. The van der Waals surface area contributed by atoms with Gasteiger partial charge in [-0.1, -0.05) is 46.0 Å². The molecule has 1 heterocycles. The molecule has 1 fully saturated rings. The molecule has 1 saturated heterocycles. The van der Waals surface area contributed by atoms with Crippen molar-refractivity contribution in [3.8, 4) is 0 Å². The number of hydrogen-bond acceptors (Lipinski definition) is 3. The van der Waals surface area contributed by atoms with Crippen LogP contribution in [0.3, 0.4) is 0 Å². The lowest BCUT2D eigenvalue weighted by molar-refractivity contribution is -0.144. The maximum absolute atomic E-state index is 10.5. The molecule has 3 heteroatoms. The van der Waals surface area contributed by atoms with E-state index < -0.39 is 11.7 Å². The van der Waals surface area contributed by atoms with E-state index in [4.69, 9.17) is 4.74 Å². The minimum Gasteiger partial charge on any atom is -0.504 e. The molecule has 184 valence electrons. The number of fused-ring (bicyclic) bond motifs is 1. The molecule has 0 aromatic carbocycles. The van der Waals surface area contributed by atoms with Crippen LogP contribution in [0.4, 0.5) is 0 Å². The Bertz CT molecular complexity index is 701. The first-order chi connectivity index (χ1) is 15.0. The SMILES string of the molecule is C[C-]=CCCC(C)(O)CCCC(C)CCCC1(C)CCC2=CC(O)C(C)=C(C)C2(CC)O1. The van der Waals surface area contributed by atoms with Crippen LogP contribution >= 0.6 is 0 Å². The second-order valence-electron chi connectivity index (χ2n) is 11.1. The van der Waals surface area contributed by atoms with E-state index >= 15 is 0 Å². The van der Waals surface area contributed by atoms with Gasteiger partial charge in [0.2, 0.25) is 0 Å². The van der Waals surface area contributed by atoms with E-state index in [2.05, 4.69) is 33.8 Å². The maximum atomic E-state index is 10.5. The van der Waals surface area contributed by atoms with Gasteiger partial charge >= 0.3 is 0 Å². The number of hydrogen-bond donors (Lipinski definition) is 2. The average Bonchev–Trinajstić information content (AvgIpc) is 2.73. The highest BCUT2D eigenvalue weighted by atomic mass is 16.5. The lowest BCUT2D eigenvalue weighted by Gasteiger charge is -2.51. The number of rotatable bonds is 12. The second-order valence-corrected chi connectivity index (χ2v) is 11.1. The lowest BCUT2D eigenvalue weighted by atomic mass is 9.70. The molecule has 2 aliphatic rings. The first kappa shape index (κ1) is 27.3. The summed E-state index contributed by atoms with van der Waals surface area (Å²) in [6.45, 7) is 14.9. The zero-order chi connectivity index (χ0) is 24.0. The molecule has 2 rings (SSSR count). The van der Waals surface area contributed by atoms with Gasteiger partial charge in [-0.15, -0.1) is 0 Å². The van der Waals surface area contributed by atoms with Crippen molar-refractivity contribution in [1.29, 1.82) is 0 Å². The van der Waals surface area contributed by atoms with Crippen molar-refractivity contribution in [2.75, 3.05) is 0 Å². The minimum absolute atomic E-state index is 0.107. The first-order valence-electron chi connectivity index (χ1n) is 13.0.